The van der Waals surface area contributed by atoms with Gasteiger partial charge in [0.15, 0.2) is 0 Å². The van der Waals surface area contributed by atoms with Crippen LogP contribution in [-0.2, 0) is 28.6 Å². The minimum Gasteiger partial charge on any atom is -0.469 e. The van der Waals surface area contributed by atoms with Crippen molar-refractivity contribution >= 4 is 17.9 Å². The van der Waals surface area contributed by atoms with E-state index in [1.54, 1.807) is 0 Å². The van der Waals surface area contributed by atoms with Crippen molar-refractivity contribution in [3.8, 4) is 0 Å². The van der Waals surface area contributed by atoms with Crippen molar-refractivity contribution in [3.63, 3.8) is 0 Å². The fraction of sp³-hybridized carbons (Fsp3) is 0.741. The lowest BCUT2D eigenvalue weighted by molar-refractivity contribution is -0.151. The Kier molecular flexibility index (Phi) is 9.74. The number of hydrogen-bond donors (Lipinski definition) is 0. The molecule has 0 unspecified atom stereocenters. The van der Waals surface area contributed by atoms with Crippen molar-refractivity contribution in [1.29, 1.82) is 0 Å². The molecule has 33 heavy (non-hydrogen) atoms. The van der Waals surface area contributed by atoms with E-state index in [4.69, 9.17) is 9.47 Å². The van der Waals surface area contributed by atoms with Crippen LogP contribution in [0.3, 0.4) is 0 Å². The molecule has 0 aliphatic heterocycles. The second kappa shape index (κ2) is 11.8. The van der Waals surface area contributed by atoms with Crippen LogP contribution in [0.15, 0.2) is 23.3 Å². The van der Waals surface area contributed by atoms with E-state index in [0.29, 0.717) is 18.4 Å². The number of carbonyl (C=O) groups is 3. The first-order chi connectivity index (χ1) is 15.5. The van der Waals surface area contributed by atoms with Gasteiger partial charge in [0.1, 0.15) is 6.61 Å². The van der Waals surface area contributed by atoms with Crippen molar-refractivity contribution < 1.29 is 28.6 Å². The van der Waals surface area contributed by atoms with Crippen LogP contribution in [0.2, 0.25) is 0 Å². The molecule has 2 aliphatic rings. The lowest BCUT2D eigenvalue weighted by Crippen LogP contribution is -2.51. The highest BCUT2D eigenvalue weighted by Crippen LogP contribution is 2.60. The predicted octanol–water partition coefficient (Wildman–Crippen LogP) is 5.55. The van der Waals surface area contributed by atoms with E-state index in [9.17, 15) is 14.4 Å². The maximum atomic E-state index is 11.8. The number of methoxy groups -OCH3 is 1. The summed E-state index contributed by atoms with van der Waals surface area (Å²) in [5, 5.41) is 0. The molecule has 0 spiro atoms. The molecule has 0 bridgehead atoms. The molecule has 0 aromatic carbocycles. The van der Waals surface area contributed by atoms with Crippen LogP contribution < -0.4 is 0 Å². The van der Waals surface area contributed by atoms with Crippen molar-refractivity contribution in [1.82, 2.24) is 0 Å². The second-order valence-electron chi connectivity index (χ2n) is 10.4. The SMILES string of the molecule is COC(=O)CCC(=O)OC/C=C(\C)CC[C@H]1C(C)=CC[C@H]2[C@@](C)(COC(C)=O)CCC[C@]12C. The molecule has 0 heterocycles. The number of carbonyl (C=O) groups excluding carboxylic acids is 3. The molecule has 2 aliphatic carbocycles. The zero-order valence-corrected chi connectivity index (χ0v) is 21.3. The van der Waals surface area contributed by atoms with E-state index < -0.39 is 5.97 Å². The average Bonchev–Trinajstić information content (AvgIpc) is 2.75. The summed E-state index contributed by atoms with van der Waals surface area (Å²) in [6.45, 7) is 11.3. The second-order valence-corrected chi connectivity index (χ2v) is 10.4. The Morgan fingerprint density at radius 2 is 1.76 bits per heavy atom. The molecule has 0 saturated heterocycles. The summed E-state index contributed by atoms with van der Waals surface area (Å²) in [7, 11) is 1.30. The van der Waals surface area contributed by atoms with E-state index in [1.165, 1.54) is 31.6 Å². The average molecular weight is 463 g/mol. The highest BCUT2D eigenvalue weighted by molar-refractivity contribution is 5.77. The number of hydrogen-bond acceptors (Lipinski definition) is 6. The maximum absolute atomic E-state index is 11.8. The highest BCUT2D eigenvalue weighted by atomic mass is 16.5. The van der Waals surface area contributed by atoms with Gasteiger partial charge in [-0.2, -0.15) is 0 Å². The van der Waals surface area contributed by atoms with Gasteiger partial charge < -0.3 is 14.2 Å². The third-order valence-corrected chi connectivity index (χ3v) is 7.99. The highest BCUT2D eigenvalue weighted by Gasteiger charge is 2.53. The molecule has 1 fully saturated rings. The van der Waals surface area contributed by atoms with Gasteiger partial charge in [0.2, 0.25) is 0 Å². The Balaban J connectivity index is 1.96. The quantitative estimate of drug-likeness (QED) is 0.241. The maximum Gasteiger partial charge on any atom is 0.306 e. The van der Waals surface area contributed by atoms with Crippen LogP contribution in [0.1, 0.15) is 86.0 Å². The van der Waals surface area contributed by atoms with Gasteiger partial charge in [-0.3, -0.25) is 14.4 Å². The number of esters is 3. The van der Waals surface area contributed by atoms with Crippen molar-refractivity contribution in [3.05, 3.63) is 23.3 Å². The van der Waals surface area contributed by atoms with E-state index in [1.807, 2.05) is 6.08 Å². The molecule has 4 atom stereocenters. The molecule has 0 amide bonds. The number of fused-ring (bicyclic) bond motifs is 1. The molecular formula is C27H42O6. The predicted molar refractivity (Wildman–Crippen MR) is 127 cm³/mol. The lowest BCUT2D eigenvalue weighted by atomic mass is 9.48. The summed E-state index contributed by atoms with van der Waals surface area (Å²) in [5.74, 6) is -0.0199. The molecular weight excluding hydrogens is 420 g/mol. The molecule has 0 radical (unpaired) electrons. The molecule has 2 rings (SSSR count). The van der Waals surface area contributed by atoms with Crippen molar-refractivity contribution in [2.45, 2.75) is 86.0 Å². The third kappa shape index (κ3) is 7.18. The van der Waals surface area contributed by atoms with Crippen LogP contribution in [0.4, 0.5) is 0 Å². The van der Waals surface area contributed by atoms with Gasteiger partial charge in [-0.1, -0.05) is 37.5 Å². The normalized spacial score (nSPS) is 29.5. The smallest absolute Gasteiger partial charge is 0.306 e. The summed E-state index contributed by atoms with van der Waals surface area (Å²) in [6, 6.07) is 0. The topological polar surface area (TPSA) is 78.9 Å². The Morgan fingerprint density at radius 1 is 1.06 bits per heavy atom. The van der Waals surface area contributed by atoms with Gasteiger partial charge in [0.25, 0.3) is 0 Å². The Morgan fingerprint density at radius 3 is 2.42 bits per heavy atom. The van der Waals surface area contributed by atoms with Crippen molar-refractivity contribution in [2.75, 3.05) is 20.3 Å². The summed E-state index contributed by atoms with van der Waals surface area (Å²) in [4.78, 5) is 34.4. The summed E-state index contributed by atoms with van der Waals surface area (Å²) < 4.78 is 15.3. The van der Waals surface area contributed by atoms with E-state index >= 15 is 0 Å². The molecule has 186 valence electrons. The van der Waals surface area contributed by atoms with Gasteiger partial charge >= 0.3 is 17.9 Å². The number of allylic oxidation sites excluding steroid dienone is 3. The summed E-state index contributed by atoms with van der Waals surface area (Å²) in [6.07, 6.45) is 10.9. The zero-order chi connectivity index (χ0) is 24.6. The fourth-order valence-corrected chi connectivity index (χ4v) is 6.08. The molecule has 0 aromatic heterocycles. The summed E-state index contributed by atoms with van der Waals surface area (Å²) in [5.41, 5.74) is 2.87. The van der Waals surface area contributed by atoms with E-state index in [-0.39, 0.29) is 42.2 Å². The molecule has 6 nitrogen and oxygen atoms in total. The van der Waals surface area contributed by atoms with Gasteiger partial charge in [-0.25, -0.2) is 0 Å². The largest absolute Gasteiger partial charge is 0.469 e. The van der Waals surface area contributed by atoms with E-state index in [2.05, 4.69) is 38.5 Å². The molecule has 1 saturated carbocycles. The first-order valence-corrected chi connectivity index (χ1v) is 12.2. The van der Waals surface area contributed by atoms with Crippen LogP contribution in [0.25, 0.3) is 0 Å². The van der Waals surface area contributed by atoms with Gasteiger partial charge in [0, 0.05) is 12.3 Å². The zero-order valence-electron chi connectivity index (χ0n) is 21.3. The molecule has 0 N–H and O–H groups in total. The fourth-order valence-electron chi connectivity index (χ4n) is 6.08. The first-order valence-electron chi connectivity index (χ1n) is 12.2. The standard InChI is InChI=1S/C27H42O6/c1-19(14-17-32-25(30)13-12-24(29)31-6)8-10-22-20(2)9-11-23-26(4,18-33-21(3)28)15-7-16-27(22,23)5/h9,14,22-23H,7-8,10-13,15-18H2,1-6H3/b19-14+/t22-,23-,26+,27+/m0/s1. The van der Waals surface area contributed by atoms with E-state index in [0.717, 1.165) is 32.1 Å². The van der Waals surface area contributed by atoms with Crippen LogP contribution >= 0.6 is 0 Å². The first kappa shape index (κ1) is 27.1. The lowest BCUT2D eigenvalue weighted by Gasteiger charge is -2.57. The minimum atomic E-state index is -0.409. The Hall–Kier alpha value is -2.11. The van der Waals surface area contributed by atoms with Gasteiger partial charge in [0.05, 0.1) is 26.6 Å². The molecule has 0 aromatic rings. The van der Waals surface area contributed by atoms with Gasteiger partial charge in [-0.05, 0) is 69.3 Å². The van der Waals surface area contributed by atoms with Crippen LogP contribution in [-0.4, -0.2) is 38.2 Å². The Bertz CT molecular complexity index is 781. The Labute approximate surface area is 199 Å². The van der Waals surface area contributed by atoms with Crippen molar-refractivity contribution in [2.24, 2.45) is 22.7 Å². The summed E-state index contributed by atoms with van der Waals surface area (Å²) >= 11 is 0. The number of rotatable bonds is 10. The van der Waals surface area contributed by atoms with Crippen LogP contribution in [0.5, 0.6) is 0 Å². The van der Waals surface area contributed by atoms with Crippen LogP contribution in [0, 0.1) is 22.7 Å². The third-order valence-electron chi connectivity index (χ3n) is 7.99. The number of ether oxygens (including phenoxy) is 3. The minimum absolute atomic E-state index is 0.0113. The van der Waals surface area contributed by atoms with Gasteiger partial charge in [-0.15, -0.1) is 0 Å². The molecule has 6 heteroatoms. The monoisotopic (exact) mass is 462 g/mol.